The minimum absolute atomic E-state index is 0.0357. The number of hydrogen-bond acceptors (Lipinski definition) is 2. The van der Waals surface area contributed by atoms with E-state index in [-0.39, 0.29) is 11.8 Å². The molecule has 4 nitrogen and oxygen atoms in total. The Morgan fingerprint density at radius 1 is 0.960 bits per heavy atom. The van der Waals surface area contributed by atoms with Gasteiger partial charge in [-0.2, -0.15) is 0 Å². The monoisotopic (exact) mass is 336 g/mol. The van der Waals surface area contributed by atoms with Crippen LogP contribution in [-0.2, 0) is 22.4 Å². The molecule has 1 fully saturated rings. The van der Waals surface area contributed by atoms with Crippen molar-refractivity contribution >= 4 is 17.5 Å². The molecule has 1 aliphatic rings. The van der Waals surface area contributed by atoms with Crippen molar-refractivity contribution in [2.75, 3.05) is 18.4 Å². The van der Waals surface area contributed by atoms with E-state index < -0.39 is 0 Å². The maximum Gasteiger partial charge on any atom is 0.228 e. The van der Waals surface area contributed by atoms with Crippen LogP contribution in [0.3, 0.4) is 0 Å². The Labute approximate surface area is 148 Å². The molecule has 0 saturated carbocycles. The molecule has 0 atom stereocenters. The fourth-order valence-electron chi connectivity index (χ4n) is 3.17. The number of rotatable bonds is 5. The van der Waals surface area contributed by atoms with Gasteiger partial charge in [0.2, 0.25) is 11.8 Å². The van der Waals surface area contributed by atoms with Crippen molar-refractivity contribution in [1.82, 2.24) is 4.90 Å². The van der Waals surface area contributed by atoms with Crippen LogP contribution < -0.4 is 5.32 Å². The number of amides is 2. The SMILES string of the molecule is Cc1cccc(CC(=O)Nc2ccc(CC(=O)N3CCCC3)cc2)c1. The van der Waals surface area contributed by atoms with Crippen molar-refractivity contribution in [3.8, 4) is 0 Å². The number of hydrogen-bond donors (Lipinski definition) is 1. The van der Waals surface area contributed by atoms with E-state index >= 15 is 0 Å². The van der Waals surface area contributed by atoms with E-state index in [1.807, 2.05) is 60.4 Å². The normalized spacial score (nSPS) is 13.7. The first-order valence-electron chi connectivity index (χ1n) is 8.82. The summed E-state index contributed by atoms with van der Waals surface area (Å²) in [6, 6.07) is 15.5. The molecule has 0 aromatic heterocycles. The summed E-state index contributed by atoms with van der Waals surface area (Å²) in [5.41, 5.74) is 3.89. The number of carbonyl (C=O) groups excluding carboxylic acids is 2. The quantitative estimate of drug-likeness (QED) is 0.910. The van der Waals surface area contributed by atoms with Gasteiger partial charge in [-0.3, -0.25) is 9.59 Å². The minimum Gasteiger partial charge on any atom is -0.342 e. The summed E-state index contributed by atoms with van der Waals surface area (Å²) in [4.78, 5) is 26.3. The molecule has 1 N–H and O–H groups in total. The van der Waals surface area contributed by atoms with Gasteiger partial charge in [0.25, 0.3) is 0 Å². The Morgan fingerprint density at radius 2 is 1.68 bits per heavy atom. The summed E-state index contributed by atoms with van der Waals surface area (Å²) in [6.45, 7) is 3.78. The Morgan fingerprint density at radius 3 is 2.36 bits per heavy atom. The zero-order valence-electron chi connectivity index (χ0n) is 14.6. The lowest BCUT2D eigenvalue weighted by Crippen LogP contribution is -2.29. The van der Waals surface area contributed by atoms with E-state index in [0.29, 0.717) is 12.8 Å². The molecule has 25 heavy (non-hydrogen) atoms. The highest BCUT2D eigenvalue weighted by molar-refractivity contribution is 5.92. The van der Waals surface area contributed by atoms with Crippen LogP contribution in [0.4, 0.5) is 5.69 Å². The molecule has 0 unspecified atom stereocenters. The molecule has 4 heteroatoms. The summed E-state index contributed by atoms with van der Waals surface area (Å²) in [5, 5.41) is 2.91. The van der Waals surface area contributed by atoms with Crippen LogP contribution in [0.1, 0.15) is 29.5 Å². The first-order chi connectivity index (χ1) is 12.1. The Balaban J connectivity index is 1.53. The third-order valence-electron chi connectivity index (χ3n) is 4.50. The van der Waals surface area contributed by atoms with Crippen LogP contribution in [0.15, 0.2) is 48.5 Å². The highest BCUT2D eigenvalue weighted by Crippen LogP contribution is 2.14. The average molecular weight is 336 g/mol. The van der Waals surface area contributed by atoms with E-state index in [9.17, 15) is 9.59 Å². The second-order valence-electron chi connectivity index (χ2n) is 6.68. The van der Waals surface area contributed by atoms with E-state index in [0.717, 1.165) is 48.3 Å². The van der Waals surface area contributed by atoms with Gasteiger partial charge in [0.1, 0.15) is 0 Å². The van der Waals surface area contributed by atoms with Gasteiger partial charge in [-0.25, -0.2) is 0 Å². The molecule has 0 radical (unpaired) electrons. The van der Waals surface area contributed by atoms with Crippen molar-refractivity contribution in [2.24, 2.45) is 0 Å². The number of carbonyl (C=O) groups is 2. The van der Waals surface area contributed by atoms with Crippen LogP contribution in [0.2, 0.25) is 0 Å². The predicted molar refractivity (Wildman–Crippen MR) is 99.5 cm³/mol. The van der Waals surface area contributed by atoms with Gasteiger partial charge in [0.05, 0.1) is 12.8 Å². The molecular formula is C21H24N2O2. The van der Waals surface area contributed by atoms with Gasteiger partial charge >= 0.3 is 0 Å². The van der Waals surface area contributed by atoms with Crippen molar-refractivity contribution < 1.29 is 9.59 Å². The summed E-state index contributed by atoms with van der Waals surface area (Å²) >= 11 is 0. The Bertz CT molecular complexity index is 747. The summed E-state index contributed by atoms with van der Waals surface area (Å²) < 4.78 is 0. The molecule has 0 bridgehead atoms. The maximum absolute atomic E-state index is 12.2. The average Bonchev–Trinajstić information content (AvgIpc) is 3.11. The molecule has 130 valence electrons. The van der Waals surface area contributed by atoms with Crippen molar-refractivity contribution in [3.05, 3.63) is 65.2 Å². The maximum atomic E-state index is 12.2. The van der Waals surface area contributed by atoms with Crippen molar-refractivity contribution in [2.45, 2.75) is 32.6 Å². The smallest absolute Gasteiger partial charge is 0.228 e. The fourth-order valence-corrected chi connectivity index (χ4v) is 3.17. The van der Waals surface area contributed by atoms with Crippen molar-refractivity contribution in [3.63, 3.8) is 0 Å². The van der Waals surface area contributed by atoms with E-state index in [1.54, 1.807) is 0 Å². The lowest BCUT2D eigenvalue weighted by Gasteiger charge is -2.15. The molecule has 2 amide bonds. The summed E-state index contributed by atoms with van der Waals surface area (Å²) in [7, 11) is 0. The zero-order valence-corrected chi connectivity index (χ0v) is 14.6. The molecule has 1 saturated heterocycles. The first-order valence-corrected chi connectivity index (χ1v) is 8.82. The molecular weight excluding hydrogens is 312 g/mol. The molecule has 1 heterocycles. The number of anilines is 1. The number of aryl methyl sites for hydroxylation is 1. The number of benzene rings is 2. The fraction of sp³-hybridized carbons (Fsp3) is 0.333. The summed E-state index contributed by atoms with van der Waals surface area (Å²) in [5.74, 6) is 0.153. The minimum atomic E-state index is -0.0357. The zero-order chi connectivity index (χ0) is 17.6. The topological polar surface area (TPSA) is 49.4 Å². The van der Waals surface area contributed by atoms with Gasteiger partial charge in [0, 0.05) is 18.8 Å². The number of nitrogens with zero attached hydrogens (tertiary/aromatic N) is 1. The predicted octanol–water partition coefficient (Wildman–Crippen LogP) is 3.34. The molecule has 0 aliphatic carbocycles. The number of likely N-dealkylation sites (tertiary alicyclic amines) is 1. The standard InChI is InChI=1S/C21H24N2O2/c1-16-5-4-6-18(13-16)14-20(24)22-19-9-7-17(8-10-19)15-21(25)23-11-2-3-12-23/h4-10,13H,2-3,11-12,14-15H2,1H3,(H,22,24). The molecule has 0 spiro atoms. The van der Waals surface area contributed by atoms with E-state index in [2.05, 4.69) is 5.32 Å². The molecule has 2 aromatic carbocycles. The first kappa shape index (κ1) is 17.2. The third kappa shape index (κ3) is 4.92. The molecule has 3 rings (SSSR count). The highest BCUT2D eigenvalue weighted by atomic mass is 16.2. The lowest BCUT2D eigenvalue weighted by atomic mass is 10.1. The largest absolute Gasteiger partial charge is 0.342 e. The van der Waals surface area contributed by atoms with Crippen LogP contribution >= 0.6 is 0 Å². The Hall–Kier alpha value is -2.62. The third-order valence-corrected chi connectivity index (χ3v) is 4.50. The highest BCUT2D eigenvalue weighted by Gasteiger charge is 2.17. The van der Waals surface area contributed by atoms with Crippen LogP contribution in [-0.4, -0.2) is 29.8 Å². The lowest BCUT2D eigenvalue weighted by molar-refractivity contribution is -0.129. The molecule has 1 aliphatic heterocycles. The second kappa shape index (κ2) is 7.97. The number of nitrogens with one attached hydrogen (secondary N) is 1. The van der Waals surface area contributed by atoms with E-state index in [4.69, 9.17) is 0 Å². The Kier molecular flexibility index (Phi) is 5.49. The van der Waals surface area contributed by atoms with Crippen LogP contribution in [0.25, 0.3) is 0 Å². The van der Waals surface area contributed by atoms with Crippen LogP contribution in [0, 0.1) is 6.92 Å². The van der Waals surface area contributed by atoms with Crippen LogP contribution in [0.5, 0.6) is 0 Å². The van der Waals surface area contributed by atoms with Gasteiger partial charge in [-0.15, -0.1) is 0 Å². The van der Waals surface area contributed by atoms with Crippen molar-refractivity contribution in [1.29, 1.82) is 0 Å². The summed E-state index contributed by atoms with van der Waals surface area (Å²) in [6.07, 6.45) is 3.00. The van der Waals surface area contributed by atoms with Gasteiger partial charge in [-0.05, 0) is 43.0 Å². The van der Waals surface area contributed by atoms with Gasteiger partial charge < -0.3 is 10.2 Å². The van der Waals surface area contributed by atoms with E-state index in [1.165, 1.54) is 0 Å². The second-order valence-corrected chi connectivity index (χ2v) is 6.68. The van der Waals surface area contributed by atoms with Gasteiger partial charge in [0.15, 0.2) is 0 Å². The molecule has 2 aromatic rings. The van der Waals surface area contributed by atoms with Gasteiger partial charge in [-0.1, -0.05) is 42.0 Å².